The van der Waals surface area contributed by atoms with E-state index in [1.807, 2.05) is 49.6 Å². The fourth-order valence-electron chi connectivity index (χ4n) is 5.23. The molecular formula is C31H33N9O2. The van der Waals surface area contributed by atoms with Crippen molar-refractivity contribution in [2.24, 2.45) is 7.05 Å². The van der Waals surface area contributed by atoms with E-state index in [1.165, 1.54) is 12.4 Å². The van der Waals surface area contributed by atoms with Gasteiger partial charge in [-0.1, -0.05) is 18.2 Å². The molecular weight excluding hydrogens is 530 g/mol. The van der Waals surface area contributed by atoms with Crippen LogP contribution in [0.4, 0.5) is 11.4 Å². The summed E-state index contributed by atoms with van der Waals surface area (Å²) in [6.07, 6.45) is 6.62. The lowest BCUT2D eigenvalue weighted by atomic mass is 10.1. The summed E-state index contributed by atoms with van der Waals surface area (Å²) >= 11 is 0. The second kappa shape index (κ2) is 11.5. The summed E-state index contributed by atoms with van der Waals surface area (Å²) < 4.78 is 3.51. The summed E-state index contributed by atoms with van der Waals surface area (Å²) in [4.78, 5) is 39.9. The molecule has 0 unspecified atom stereocenters. The van der Waals surface area contributed by atoms with Gasteiger partial charge in [0.25, 0.3) is 11.8 Å². The maximum Gasteiger partial charge on any atom is 0.274 e. The van der Waals surface area contributed by atoms with Crippen LogP contribution in [0.15, 0.2) is 73.3 Å². The fraction of sp³-hybridized carbons (Fsp3) is 0.258. The lowest BCUT2D eigenvalue weighted by Crippen LogP contribution is -2.45. The van der Waals surface area contributed by atoms with Gasteiger partial charge in [-0.15, -0.1) is 0 Å². The number of pyridine rings is 2. The number of para-hydroxylation sites is 1. The van der Waals surface area contributed by atoms with Crippen LogP contribution in [0.2, 0.25) is 0 Å². The highest BCUT2D eigenvalue weighted by Crippen LogP contribution is 2.23. The minimum Gasteiger partial charge on any atom is -0.369 e. The lowest BCUT2D eigenvalue weighted by molar-refractivity contribution is 0.0949. The Kier molecular flexibility index (Phi) is 7.41. The Morgan fingerprint density at radius 1 is 0.929 bits per heavy atom. The van der Waals surface area contributed by atoms with Crippen LogP contribution in [0.5, 0.6) is 0 Å². The molecule has 1 fully saturated rings. The zero-order valence-electron chi connectivity index (χ0n) is 23.9. The van der Waals surface area contributed by atoms with Crippen LogP contribution in [0.3, 0.4) is 0 Å². The summed E-state index contributed by atoms with van der Waals surface area (Å²) in [5, 5.41) is 10.2. The topological polar surface area (TPSA) is 113 Å². The number of hydrogen-bond acceptors (Lipinski definition) is 7. The lowest BCUT2D eigenvalue weighted by Gasteiger charge is -2.35. The van der Waals surface area contributed by atoms with Crippen molar-refractivity contribution >= 4 is 28.8 Å². The monoisotopic (exact) mass is 563 g/mol. The first-order valence-electron chi connectivity index (χ1n) is 13.9. The van der Waals surface area contributed by atoms with E-state index in [-0.39, 0.29) is 11.8 Å². The molecule has 0 spiro atoms. The molecule has 11 nitrogen and oxygen atoms in total. The van der Waals surface area contributed by atoms with Crippen molar-refractivity contribution < 1.29 is 9.59 Å². The molecule has 0 atom stereocenters. The van der Waals surface area contributed by atoms with E-state index in [0.29, 0.717) is 34.8 Å². The van der Waals surface area contributed by atoms with E-state index in [1.54, 1.807) is 28.3 Å². The highest BCUT2D eigenvalue weighted by atomic mass is 16.2. The highest BCUT2D eigenvalue weighted by molar-refractivity contribution is 6.04. The van der Waals surface area contributed by atoms with Gasteiger partial charge < -0.3 is 20.4 Å². The molecule has 214 valence electrons. The van der Waals surface area contributed by atoms with Crippen molar-refractivity contribution in [3.8, 4) is 11.3 Å². The zero-order valence-corrected chi connectivity index (χ0v) is 23.9. The van der Waals surface area contributed by atoms with Gasteiger partial charge in [0.05, 0.1) is 28.8 Å². The Morgan fingerprint density at radius 2 is 1.74 bits per heavy atom. The van der Waals surface area contributed by atoms with Gasteiger partial charge >= 0.3 is 0 Å². The Labute approximate surface area is 243 Å². The Morgan fingerprint density at radius 3 is 2.52 bits per heavy atom. The summed E-state index contributed by atoms with van der Waals surface area (Å²) in [6.45, 7) is 6.09. The standard InChI is InChI=1S/C31H33N9O2/c1-21-25(36-31(42)28-20-33-29-17-22(9-11-40(28)29)26-8-10-35-38(26)3)16-24(19-32-21)30(41)34-18-23-6-4-5-7-27(23)39-14-12-37(2)13-15-39/h4-11,16-17,19-20H,12-15,18H2,1-3H3,(H,34,41)(H,36,42). The van der Waals surface area contributed by atoms with E-state index in [2.05, 4.69) is 48.6 Å². The number of carbonyl (C=O) groups is 2. The smallest absolute Gasteiger partial charge is 0.274 e. The molecule has 1 aromatic carbocycles. The van der Waals surface area contributed by atoms with Crippen LogP contribution in [-0.4, -0.2) is 74.1 Å². The van der Waals surface area contributed by atoms with Crippen molar-refractivity contribution in [1.29, 1.82) is 0 Å². The van der Waals surface area contributed by atoms with Gasteiger partial charge in [0.2, 0.25) is 0 Å². The molecule has 42 heavy (non-hydrogen) atoms. The number of likely N-dealkylation sites (N-methyl/N-ethyl adjacent to an activating group) is 1. The predicted molar refractivity (Wildman–Crippen MR) is 162 cm³/mol. The molecule has 1 saturated heterocycles. The first-order valence-corrected chi connectivity index (χ1v) is 13.9. The van der Waals surface area contributed by atoms with E-state index >= 15 is 0 Å². The van der Waals surface area contributed by atoms with Crippen LogP contribution in [0, 0.1) is 6.92 Å². The second-order valence-corrected chi connectivity index (χ2v) is 10.5. The SMILES string of the molecule is Cc1ncc(C(=O)NCc2ccccc2N2CCN(C)CC2)cc1NC(=O)c1cnc2cc(-c3ccnn3C)ccn12. The molecule has 0 aliphatic carbocycles. The van der Waals surface area contributed by atoms with Gasteiger partial charge in [-0.3, -0.25) is 23.7 Å². The van der Waals surface area contributed by atoms with Crippen LogP contribution in [-0.2, 0) is 13.6 Å². The average Bonchev–Trinajstić information content (AvgIpc) is 3.63. The van der Waals surface area contributed by atoms with Gasteiger partial charge in [-0.05, 0) is 49.9 Å². The van der Waals surface area contributed by atoms with Gasteiger partial charge in [0.1, 0.15) is 11.3 Å². The zero-order chi connectivity index (χ0) is 29.2. The van der Waals surface area contributed by atoms with E-state index in [9.17, 15) is 9.59 Å². The van der Waals surface area contributed by atoms with Gasteiger partial charge in [-0.2, -0.15) is 5.10 Å². The highest BCUT2D eigenvalue weighted by Gasteiger charge is 2.19. The average molecular weight is 564 g/mol. The summed E-state index contributed by atoms with van der Waals surface area (Å²) in [5.41, 5.74) is 6.54. The van der Waals surface area contributed by atoms with Crippen molar-refractivity contribution in [3.63, 3.8) is 0 Å². The Bertz CT molecular complexity index is 1770. The second-order valence-electron chi connectivity index (χ2n) is 10.5. The predicted octanol–water partition coefficient (Wildman–Crippen LogP) is 3.37. The third-order valence-electron chi connectivity index (χ3n) is 7.73. The van der Waals surface area contributed by atoms with Crippen LogP contribution < -0.4 is 15.5 Å². The van der Waals surface area contributed by atoms with Crippen molar-refractivity contribution in [2.45, 2.75) is 13.5 Å². The molecule has 5 heterocycles. The maximum absolute atomic E-state index is 13.3. The van der Waals surface area contributed by atoms with Gasteiger partial charge in [0, 0.05) is 69.6 Å². The van der Waals surface area contributed by atoms with Crippen molar-refractivity contribution in [1.82, 2.24) is 34.4 Å². The molecule has 0 bridgehead atoms. The molecule has 6 rings (SSSR count). The number of piperazine rings is 1. The Hall–Kier alpha value is -5.03. The molecule has 5 aromatic rings. The number of amides is 2. The van der Waals surface area contributed by atoms with Crippen LogP contribution in [0.1, 0.15) is 32.1 Å². The fourth-order valence-corrected chi connectivity index (χ4v) is 5.23. The number of carbonyl (C=O) groups excluding carboxylic acids is 2. The summed E-state index contributed by atoms with van der Waals surface area (Å²) in [5.74, 6) is -0.608. The number of aryl methyl sites for hydroxylation is 2. The van der Waals surface area contributed by atoms with E-state index in [0.717, 1.165) is 48.7 Å². The normalized spacial score (nSPS) is 13.8. The van der Waals surface area contributed by atoms with E-state index < -0.39 is 0 Å². The number of aromatic nitrogens is 5. The quantitative estimate of drug-likeness (QED) is 0.312. The molecule has 2 N–H and O–H groups in total. The van der Waals surface area contributed by atoms with Crippen LogP contribution >= 0.6 is 0 Å². The van der Waals surface area contributed by atoms with E-state index in [4.69, 9.17) is 0 Å². The van der Waals surface area contributed by atoms with Crippen LogP contribution in [0.25, 0.3) is 16.9 Å². The number of benzene rings is 1. The number of anilines is 2. The first-order chi connectivity index (χ1) is 20.4. The van der Waals surface area contributed by atoms with Crippen molar-refractivity contribution in [3.05, 3.63) is 95.8 Å². The third-order valence-corrected chi connectivity index (χ3v) is 7.73. The summed E-state index contributed by atoms with van der Waals surface area (Å²) in [7, 11) is 4.01. The number of hydrogen-bond donors (Lipinski definition) is 2. The van der Waals surface area contributed by atoms with Crippen molar-refractivity contribution in [2.75, 3.05) is 43.4 Å². The molecule has 1 aliphatic heterocycles. The largest absolute Gasteiger partial charge is 0.369 e. The van der Waals surface area contributed by atoms with Gasteiger partial charge in [0.15, 0.2) is 0 Å². The molecule has 0 saturated carbocycles. The number of nitrogens with zero attached hydrogens (tertiary/aromatic N) is 7. The molecule has 2 amide bonds. The number of rotatable bonds is 7. The first kappa shape index (κ1) is 27.2. The molecule has 11 heteroatoms. The Balaban J connectivity index is 1.15. The number of nitrogens with one attached hydrogen (secondary N) is 2. The number of fused-ring (bicyclic) bond motifs is 1. The minimum absolute atomic E-state index is 0.260. The molecule has 4 aromatic heterocycles. The maximum atomic E-state index is 13.3. The summed E-state index contributed by atoms with van der Waals surface area (Å²) in [6, 6.07) is 15.6. The minimum atomic E-state index is -0.348. The van der Waals surface area contributed by atoms with Gasteiger partial charge in [-0.25, -0.2) is 4.98 Å². The third kappa shape index (κ3) is 5.46. The molecule has 0 radical (unpaired) electrons. The number of imidazole rings is 1. The molecule has 1 aliphatic rings.